The number of nitrogens with zero attached hydrogens (tertiary/aromatic N) is 1. The number of hydrogen-bond donors (Lipinski definition) is 1. The summed E-state index contributed by atoms with van der Waals surface area (Å²) in [6.45, 7) is 4.65. The number of unbranched alkanes of at least 4 members (excludes halogenated alkanes) is 1. The molecular weight excluding hydrogens is 352 g/mol. The smallest absolute Gasteiger partial charge is 0.325 e. The highest BCUT2D eigenvalue weighted by atomic mass is 79.9. The van der Waals surface area contributed by atoms with Crippen LogP contribution in [0.4, 0.5) is 0 Å². The summed E-state index contributed by atoms with van der Waals surface area (Å²) >= 11 is 5.22. The Morgan fingerprint density at radius 2 is 2.29 bits per heavy atom. The first kappa shape index (κ1) is 18.5. The summed E-state index contributed by atoms with van der Waals surface area (Å²) in [7, 11) is 1.44. The van der Waals surface area contributed by atoms with Crippen molar-refractivity contribution in [3.05, 3.63) is 22.8 Å². The van der Waals surface area contributed by atoms with Crippen LogP contribution in [0.25, 0.3) is 0 Å². The second kappa shape index (κ2) is 9.43. The first-order valence-electron chi connectivity index (χ1n) is 7.10. The van der Waals surface area contributed by atoms with Crippen LogP contribution in [0.2, 0.25) is 0 Å². The molecule has 0 spiro atoms. The van der Waals surface area contributed by atoms with Crippen LogP contribution in [0.5, 0.6) is 0 Å². The first-order valence-corrected chi connectivity index (χ1v) is 8.88. The number of nitrogens with one attached hydrogen (secondary N) is 1. The van der Waals surface area contributed by atoms with Gasteiger partial charge in [-0.2, -0.15) is 0 Å². The number of aromatic nitrogens is 1. The molecular formula is C15H23BrN2O2S. The zero-order valence-electron chi connectivity index (χ0n) is 12.8. The number of methoxy groups -OCH3 is 1. The van der Waals surface area contributed by atoms with E-state index in [1.165, 1.54) is 7.11 Å². The van der Waals surface area contributed by atoms with Crippen molar-refractivity contribution in [2.45, 2.75) is 43.7 Å². The third-order valence-electron chi connectivity index (χ3n) is 3.24. The molecule has 1 rings (SSSR count). The zero-order valence-corrected chi connectivity index (χ0v) is 15.2. The van der Waals surface area contributed by atoms with E-state index in [2.05, 4.69) is 26.2 Å². The van der Waals surface area contributed by atoms with Crippen molar-refractivity contribution in [3.8, 4) is 0 Å². The predicted molar refractivity (Wildman–Crippen MR) is 90.6 cm³/mol. The van der Waals surface area contributed by atoms with Crippen molar-refractivity contribution in [2.75, 3.05) is 19.4 Å². The molecule has 0 aliphatic carbocycles. The van der Waals surface area contributed by atoms with Gasteiger partial charge in [0.15, 0.2) is 0 Å². The largest absolute Gasteiger partial charge is 0.468 e. The summed E-state index contributed by atoms with van der Waals surface area (Å²) in [5.74, 6) is 0.795. The van der Waals surface area contributed by atoms with Crippen LogP contribution in [0.15, 0.2) is 27.8 Å². The third kappa shape index (κ3) is 5.96. The fourth-order valence-electron chi connectivity index (χ4n) is 2.10. The zero-order chi connectivity index (χ0) is 15.7. The van der Waals surface area contributed by atoms with Crippen molar-refractivity contribution in [2.24, 2.45) is 0 Å². The van der Waals surface area contributed by atoms with Crippen LogP contribution in [0.1, 0.15) is 33.1 Å². The van der Waals surface area contributed by atoms with Gasteiger partial charge >= 0.3 is 5.97 Å². The standard InChI is InChI=1S/C15H23BrN2O2S/c1-4-18-15(2,14(19)20-3)9-5-6-11-21-13-12(16)8-7-10-17-13/h7-8,10,18H,4-6,9,11H2,1-3H3. The summed E-state index contributed by atoms with van der Waals surface area (Å²) < 4.78 is 5.92. The topological polar surface area (TPSA) is 51.2 Å². The minimum Gasteiger partial charge on any atom is -0.468 e. The molecule has 1 unspecified atom stereocenters. The Morgan fingerprint density at radius 3 is 2.90 bits per heavy atom. The fourth-order valence-corrected chi connectivity index (χ4v) is 3.59. The number of thioether (sulfide) groups is 1. The number of carbonyl (C=O) groups excluding carboxylic acids is 1. The number of rotatable bonds is 9. The molecule has 1 heterocycles. The Kier molecular flexibility index (Phi) is 8.29. The average molecular weight is 375 g/mol. The molecule has 0 bridgehead atoms. The van der Waals surface area contributed by atoms with Gasteiger partial charge in [0.1, 0.15) is 10.6 Å². The fraction of sp³-hybridized carbons (Fsp3) is 0.600. The van der Waals surface area contributed by atoms with Gasteiger partial charge in [0.2, 0.25) is 0 Å². The van der Waals surface area contributed by atoms with E-state index < -0.39 is 5.54 Å². The highest BCUT2D eigenvalue weighted by molar-refractivity contribution is 9.10. The molecule has 1 N–H and O–H groups in total. The molecule has 0 radical (unpaired) electrons. The molecule has 0 saturated heterocycles. The van der Waals surface area contributed by atoms with Gasteiger partial charge in [0, 0.05) is 10.7 Å². The van der Waals surface area contributed by atoms with E-state index in [9.17, 15) is 4.79 Å². The number of halogens is 1. The molecule has 0 aliphatic rings. The maximum Gasteiger partial charge on any atom is 0.325 e. The van der Waals surface area contributed by atoms with E-state index >= 15 is 0 Å². The van der Waals surface area contributed by atoms with Crippen LogP contribution in [0.3, 0.4) is 0 Å². The van der Waals surface area contributed by atoms with Crippen molar-refractivity contribution in [1.82, 2.24) is 10.3 Å². The van der Waals surface area contributed by atoms with E-state index in [4.69, 9.17) is 4.74 Å². The molecule has 0 aliphatic heterocycles. The van der Waals surface area contributed by atoms with E-state index in [0.717, 1.165) is 41.1 Å². The molecule has 0 saturated carbocycles. The van der Waals surface area contributed by atoms with E-state index in [1.54, 1.807) is 18.0 Å². The molecule has 1 aromatic rings. The Balaban J connectivity index is 2.35. The lowest BCUT2D eigenvalue weighted by Crippen LogP contribution is -2.50. The van der Waals surface area contributed by atoms with Gasteiger partial charge in [-0.15, -0.1) is 11.8 Å². The number of hydrogen-bond acceptors (Lipinski definition) is 5. The van der Waals surface area contributed by atoms with Crippen molar-refractivity contribution < 1.29 is 9.53 Å². The van der Waals surface area contributed by atoms with Gasteiger partial charge in [-0.3, -0.25) is 4.79 Å². The number of likely N-dealkylation sites (N-methyl/N-ethyl adjacent to an activating group) is 1. The summed E-state index contributed by atoms with van der Waals surface area (Å²) in [6, 6.07) is 3.90. The number of esters is 1. The monoisotopic (exact) mass is 374 g/mol. The van der Waals surface area contributed by atoms with Gasteiger partial charge in [-0.1, -0.05) is 13.3 Å². The van der Waals surface area contributed by atoms with E-state index in [1.807, 2.05) is 26.0 Å². The molecule has 1 atom stereocenters. The van der Waals surface area contributed by atoms with E-state index in [0.29, 0.717) is 0 Å². The summed E-state index contributed by atoms with van der Waals surface area (Å²) in [5.41, 5.74) is -0.584. The van der Waals surface area contributed by atoms with Crippen LogP contribution >= 0.6 is 27.7 Å². The number of pyridine rings is 1. The highest BCUT2D eigenvalue weighted by Gasteiger charge is 2.32. The van der Waals surface area contributed by atoms with Crippen LogP contribution in [-0.4, -0.2) is 35.9 Å². The minimum absolute atomic E-state index is 0.190. The predicted octanol–water partition coefficient (Wildman–Crippen LogP) is 3.65. The van der Waals surface area contributed by atoms with Gasteiger partial charge in [-0.05, 0) is 60.1 Å². The third-order valence-corrected chi connectivity index (χ3v) is 5.23. The Bertz CT molecular complexity index is 459. The SMILES string of the molecule is CCNC(C)(CCCCSc1ncccc1Br)C(=O)OC. The highest BCUT2D eigenvalue weighted by Crippen LogP contribution is 2.26. The number of ether oxygens (including phenoxy) is 1. The summed E-state index contributed by atoms with van der Waals surface area (Å²) in [6.07, 6.45) is 4.58. The average Bonchev–Trinajstić information content (AvgIpc) is 2.48. The summed E-state index contributed by atoms with van der Waals surface area (Å²) in [4.78, 5) is 16.2. The first-order chi connectivity index (χ1) is 10.0. The van der Waals surface area contributed by atoms with Crippen molar-refractivity contribution in [1.29, 1.82) is 0 Å². The van der Waals surface area contributed by atoms with E-state index in [-0.39, 0.29) is 5.97 Å². The minimum atomic E-state index is -0.584. The Hall–Kier alpha value is -0.590. The van der Waals surface area contributed by atoms with Crippen LogP contribution < -0.4 is 5.32 Å². The molecule has 0 fully saturated rings. The van der Waals surface area contributed by atoms with Crippen LogP contribution in [-0.2, 0) is 9.53 Å². The second-order valence-electron chi connectivity index (χ2n) is 4.95. The Morgan fingerprint density at radius 1 is 1.52 bits per heavy atom. The molecule has 6 heteroatoms. The molecule has 0 aromatic carbocycles. The normalized spacial score (nSPS) is 13.7. The lowest BCUT2D eigenvalue weighted by molar-refractivity contribution is -0.148. The lowest BCUT2D eigenvalue weighted by Gasteiger charge is -2.27. The van der Waals surface area contributed by atoms with Gasteiger partial charge in [-0.25, -0.2) is 4.98 Å². The molecule has 118 valence electrons. The Labute approximate surface area is 139 Å². The molecule has 0 amide bonds. The number of carbonyl (C=O) groups is 1. The van der Waals surface area contributed by atoms with Crippen LogP contribution in [0, 0.1) is 0 Å². The summed E-state index contributed by atoms with van der Waals surface area (Å²) in [5, 5.41) is 4.24. The van der Waals surface area contributed by atoms with Gasteiger partial charge < -0.3 is 10.1 Å². The van der Waals surface area contributed by atoms with Gasteiger partial charge in [0.05, 0.1) is 7.11 Å². The van der Waals surface area contributed by atoms with Crippen molar-refractivity contribution >= 4 is 33.7 Å². The molecule has 21 heavy (non-hydrogen) atoms. The molecule has 4 nitrogen and oxygen atoms in total. The molecule has 1 aromatic heterocycles. The second-order valence-corrected chi connectivity index (χ2v) is 6.89. The maximum absolute atomic E-state index is 11.8. The maximum atomic E-state index is 11.8. The quantitative estimate of drug-likeness (QED) is 0.406. The lowest BCUT2D eigenvalue weighted by atomic mass is 9.95. The van der Waals surface area contributed by atoms with Crippen molar-refractivity contribution in [3.63, 3.8) is 0 Å². The van der Waals surface area contributed by atoms with Gasteiger partial charge in [0.25, 0.3) is 0 Å².